The second-order valence-corrected chi connectivity index (χ2v) is 8.13. The molecule has 1 aromatic heterocycles. The highest BCUT2D eigenvalue weighted by Gasteiger charge is 2.67. The molecule has 3 aliphatic heterocycles. The number of anilines is 1. The SMILES string of the molecule is CN(CCc1ccccn1)C(=O)[C@H]1[C@@H]2C=C[C@@]3(CN(c4ccc(F)cc4)C(=O)[C@@H]13)O2. The van der Waals surface area contributed by atoms with E-state index in [1.165, 1.54) is 12.1 Å². The van der Waals surface area contributed by atoms with Crippen LogP contribution in [0.15, 0.2) is 60.8 Å². The van der Waals surface area contributed by atoms with Crippen molar-refractivity contribution in [2.24, 2.45) is 11.8 Å². The summed E-state index contributed by atoms with van der Waals surface area (Å²) in [4.78, 5) is 34.2. The zero-order chi connectivity index (χ0) is 20.9. The number of amides is 2. The smallest absolute Gasteiger partial charge is 0.234 e. The van der Waals surface area contributed by atoms with Crippen LogP contribution in [-0.4, -0.2) is 53.5 Å². The maximum absolute atomic E-state index is 13.3. The van der Waals surface area contributed by atoms with E-state index in [0.29, 0.717) is 25.2 Å². The molecule has 4 heterocycles. The molecule has 2 saturated heterocycles. The summed E-state index contributed by atoms with van der Waals surface area (Å²) in [5.41, 5.74) is 0.732. The molecule has 0 N–H and O–H groups in total. The molecule has 6 nitrogen and oxygen atoms in total. The molecule has 7 heteroatoms. The molecule has 0 radical (unpaired) electrons. The summed E-state index contributed by atoms with van der Waals surface area (Å²) >= 11 is 0. The average Bonchev–Trinajstić information content (AvgIpc) is 3.41. The number of carbonyl (C=O) groups is 2. The van der Waals surface area contributed by atoms with E-state index in [4.69, 9.17) is 4.74 Å². The number of nitrogens with zero attached hydrogens (tertiary/aromatic N) is 3. The van der Waals surface area contributed by atoms with Gasteiger partial charge in [-0.05, 0) is 36.4 Å². The van der Waals surface area contributed by atoms with Gasteiger partial charge in [0, 0.05) is 37.6 Å². The lowest BCUT2D eigenvalue weighted by molar-refractivity contribution is -0.139. The summed E-state index contributed by atoms with van der Waals surface area (Å²) in [5.74, 6) is -1.72. The van der Waals surface area contributed by atoms with Crippen LogP contribution in [0.25, 0.3) is 0 Å². The first-order valence-electron chi connectivity index (χ1n) is 10.1. The average molecular weight is 407 g/mol. The van der Waals surface area contributed by atoms with Gasteiger partial charge in [-0.1, -0.05) is 18.2 Å². The van der Waals surface area contributed by atoms with Crippen molar-refractivity contribution >= 4 is 17.5 Å². The van der Waals surface area contributed by atoms with Crippen molar-refractivity contribution in [1.29, 1.82) is 0 Å². The molecule has 0 unspecified atom stereocenters. The van der Waals surface area contributed by atoms with Crippen LogP contribution in [0, 0.1) is 17.7 Å². The second-order valence-electron chi connectivity index (χ2n) is 8.13. The molecule has 2 fully saturated rings. The molecule has 3 aliphatic rings. The van der Waals surface area contributed by atoms with E-state index in [1.54, 1.807) is 35.2 Å². The largest absolute Gasteiger partial charge is 0.360 e. The minimum absolute atomic E-state index is 0.0959. The molecule has 2 bridgehead atoms. The predicted molar refractivity (Wildman–Crippen MR) is 108 cm³/mol. The summed E-state index contributed by atoms with van der Waals surface area (Å²) in [6.45, 7) is 0.842. The Kier molecular flexibility index (Phi) is 4.43. The van der Waals surface area contributed by atoms with Gasteiger partial charge in [0.25, 0.3) is 0 Å². The Morgan fingerprint density at radius 2 is 2.10 bits per heavy atom. The third kappa shape index (κ3) is 2.92. The van der Waals surface area contributed by atoms with Gasteiger partial charge in [0.1, 0.15) is 11.4 Å². The van der Waals surface area contributed by atoms with Gasteiger partial charge in [-0.2, -0.15) is 0 Å². The molecule has 1 aromatic carbocycles. The fourth-order valence-electron chi connectivity index (χ4n) is 4.81. The molecule has 2 aromatic rings. The molecule has 1 spiro atoms. The maximum atomic E-state index is 13.3. The molecule has 30 heavy (non-hydrogen) atoms. The number of fused-ring (bicyclic) bond motifs is 1. The lowest BCUT2D eigenvalue weighted by Crippen LogP contribution is -2.45. The van der Waals surface area contributed by atoms with Gasteiger partial charge in [-0.25, -0.2) is 4.39 Å². The van der Waals surface area contributed by atoms with Gasteiger partial charge in [-0.15, -0.1) is 0 Å². The lowest BCUT2D eigenvalue weighted by atomic mass is 9.76. The molecular weight excluding hydrogens is 385 g/mol. The van der Waals surface area contributed by atoms with Crippen LogP contribution in [0.5, 0.6) is 0 Å². The summed E-state index contributed by atoms with van der Waals surface area (Å²) in [6.07, 6.45) is 5.80. The van der Waals surface area contributed by atoms with Crippen LogP contribution in [-0.2, 0) is 20.7 Å². The number of ether oxygens (including phenoxy) is 1. The van der Waals surface area contributed by atoms with Gasteiger partial charge >= 0.3 is 0 Å². The minimum atomic E-state index is -0.793. The Balaban J connectivity index is 1.35. The third-order valence-electron chi connectivity index (χ3n) is 6.33. The van der Waals surface area contributed by atoms with Crippen molar-refractivity contribution in [3.05, 3.63) is 72.3 Å². The van der Waals surface area contributed by atoms with Crippen LogP contribution >= 0.6 is 0 Å². The van der Waals surface area contributed by atoms with Crippen molar-refractivity contribution in [2.75, 3.05) is 25.0 Å². The summed E-state index contributed by atoms with van der Waals surface area (Å²) in [6, 6.07) is 11.5. The highest BCUT2D eigenvalue weighted by Crippen LogP contribution is 2.53. The van der Waals surface area contributed by atoms with Gasteiger partial charge in [-0.3, -0.25) is 14.6 Å². The number of hydrogen-bond donors (Lipinski definition) is 0. The standard InChI is InChI=1S/C23H22FN3O3/c1-26(13-10-16-4-2-3-12-25-16)21(28)19-18-9-11-23(30-18)14-27(22(29)20(19)23)17-7-5-15(24)6-8-17/h2-9,11-12,18-20H,10,13-14H2,1H3/t18-,19-,20+,23-/m0/s1. The van der Waals surface area contributed by atoms with Crippen molar-refractivity contribution in [1.82, 2.24) is 9.88 Å². The predicted octanol–water partition coefficient (Wildman–Crippen LogP) is 2.21. The molecule has 0 aliphatic carbocycles. The normalized spacial score (nSPS) is 28.8. The van der Waals surface area contributed by atoms with Crippen molar-refractivity contribution < 1.29 is 18.7 Å². The molecule has 4 atom stereocenters. The Morgan fingerprint density at radius 1 is 1.30 bits per heavy atom. The lowest BCUT2D eigenvalue weighted by Gasteiger charge is -2.27. The number of likely N-dealkylation sites (N-methyl/N-ethyl adjacent to an activating group) is 1. The van der Waals surface area contributed by atoms with Crippen LogP contribution < -0.4 is 4.90 Å². The number of carbonyl (C=O) groups excluding carboxylic acids is 2. The zero-order valence-electron chi connectivity index (χ0n) is 16.6. The molecule has 154 valence electrons. The second kappa shape index (κ2) is 7.02. The number of hydrogen-bond acceptors (Lipinski definition) is 4. The number of rotatable bonds is 5. The monoisotopic (exact) mass is 407 g/mol. The molecule has 2 amide bonds. The van der Waals surface area contributed by atoms with Gasteiger partial charge in [0.2, 0.25) is 11.8 Å². The summed E-state index contributed by atoms with van der Waals surface area (Å²) in [7, 11) is 1.75. The van der Waals surface area contributed by atoms with E-state index >= 15 is 0 Å². The first-order valence-corrected chi connectivity index (χ1v) is 10.1. The fraction of sp³-hybridized carbons (Fsp3) is 0.348. The number of aromatic nitrogens is 1. The molecule has 0 saturated carbocycles. The van der Waals surface area contributed by atoms with Crippen molar-refractivity contribution in [3.8, 4) is 0 Å². The van der Waals surface area contributed by atoms with Crippen LogP contribution in [0.2, 0.25) is 0 Å². The van der Waals surface area contributed by atoms with Crippen LogP contribution in [0.3, 0.4) is 0 Å². The van der Waals surface area contributed by atoms with E-state index in [2.05, 4.69) is 4.98 Å². The van der Waals surface area contributed by atoms with Crippen molar-refractivity contribution in [2.45, 2.75) is 18.1 Å². The molecular formula is C23H22FN3O3. The fourth-order valence-corrected chi connectivity index (χ4v) is 4.81. The Labute approximate surface area is 174 Å². The van der Waals surface area contributed by atoms with Crippen LogP contribution in [0.1, 0.15) is 5.69 Å². The highest BCUT2D eigenvalue weighted by molar-refractivity contribution is 6.03. The van der Waals surface area contributed by atoms with E-state index in [1.807, 2.05) is 30.4 Å². The van der Waals surface area contributed by atoms with Gasteiger partial charge in [0.15, 0.2) is 0 Å². The summed E-state index contributed by atoms with van der Waals surface area (Å²) < 4.78 is 19.5. The Hall–Kier alpha value is -3.06. The first-order chi connectivity index (χ1) is 14.5. The Bertz CT molecular complexity index is 1010. The number of pyridine rings is 1. The third-order valence-corrected chi connectivity index (χ3v) is 6.33. The first kappa shape index (κ1) is 18.9. The number of benzene rings is 1. The van der Waals surface area contributed by atoms with Crippen molar-refractivity contribution in [3.63, 3.8) is 0 Å². The van der Waals surface area contributed by atoms with Crippen LogP contribution in [0.4, 0.5) is 10.1 Å². The topological polar surface area (TPSA) is 62.7 Å². The highest BCUT2D eigenvalue weighted by atomic mass is 19.1. The maximum Gasteiger partial charge on any atom is 0.234 e. The van der Waals surface area contributed by atoms with E-state index in [9.17, 15) is 14.0 Å². The molecule has 5 rings (SSSR count). The quantitative estimate of drug-likeness (QED) is 0.713. The van der Waals surface area contributed by atoms with E-state index in [-0.39, 0.29) is 23.7 Å². The minimum Gasteiger partial charge on any atom is -0.360 e. The summed E-state index contributed by atoms with van der Waals surface area (Å²) in [5, 5.41) is 0. The van der Waals surface area contributed by atoms with Gasteiger partial charge in [0.05, 0.1) is 24.5 Å². The van der Waals surface area contributed by atoms with E-state index in [0.717, 1.165) is 5.69 Å². The zero-order valence-corrected chi connectivity index (χ0v) is 16.6. The van der Waals surface area contributed by atoms with E-state index < -0.39 is 17.4 Å². The van der Waals surface area contributed by atoms with Gasteiger partial charge < -0.3 is 14.5 Å². The Morgan fingerprint density at radius 3 is 2.83 bits per heavy atom. The number of halogens is 1.